The molecule has 0 atom stereocenters. The zero-order valence-electron chi connectivity index (χ0n) is 26.6. The number of fused-ring (bicyclic) bond motifs is 6. The highest BCUT2D eigenvalue weighted by Crippen LogP contribution is 2.34. The number of furan rings is 2. The average Bonchev–Trinajstić information content (AvgIpc) is 3.65. The van der Waals surface area contributed by atoms with Crippen LogP contribution in [0.4, 0.5) is 0 Å². The predicted octanol–water partition coefficient (Wildman–Crippen LogP) is 8.67. The molecule has 8 aromatic rings. The number of nitrogens with zero attached hydrogens (tertiary/aromatic N) is 3. The number of benzene rings is 5. The van der Waals surface area contributed by atoms with Crippen molar-refractivity contribution in [1.82, 2.24) is 15.0 Å². The first-order chi connectivity index (χ1) is 21.7. The summed E-state index contributed by atoms with van der Waals surface area (Å²) in [7, 11) is 0. The third kappa shape index (κ3) is 3.29. The van der Waals surface area contributed by atoms with E-state index in [9.17, 15) is 0 Å². The van der Waals surface area contributed by atoms with E-state index in [1.165, 1.54) is 0 Å². The lowest BCUT2D eigenvalue weighted by atomic mass is 10.1. The molecular weight excluding hydrogens is 470 g/mol. The Labute approximate surface area is 226 Å². The summed E-state index contributed by atoms with van der Waals surface area (Å²) in [6, 6.07) is 19.6. The fourth-order valence-corrected chi connectivity index (χ4v) is 4.61. The van der Waals surface area contributed by atoms with E-state index in [0.29, 0.717) is 16.7 Å². The van der Waals surface area contributed by atoms with Crippen LogP contribution in [0.15, 0.2) is 124 Å². The van der Waals surface area contributed by atoms with Gasteiger partial charge in [0, 0.05) is 38.2 Å². The molecule has 8 rings (SSSR count). The van der Waals surface area contributed by atoms with E-state index < -0.39 is 24.2 Å². The summed E-state index contributed by atoms with van der Waals surface area (Å²) in [5, 5.41) is 1.82. The van der Waals surface area contributed by atoms with Crippen LogP contribution in [-0.4, -0.2) is 15.0 Å². The molecule has 0 saturated carbocycles. The van der Waals surface area contributed by atoms with Gasteiger partial charge in [0.15, 0.2) is 17.5 Å². The van der Waals surface area contributed by atoms with E-state index in [2.05, 4.69) is 9.97 Å². The smallest absolute Gasteiger partial charge is 0.164 e. The molecule has 0 aliphatic carbocycles. The maximum atomic E-state index is 9.09. The fourth-order valence-electron chi connectivity index (χ4n) is 4.61. The summed E-state index contributed by atoms with van der Waals surface area (Å²) in [6.45, 7) is 0. The second-order valence-corrected chi connectivity index (χ2v) is 8.74. The third-order valence-corrected chi connectivity index (χ3v) is 6.41. The molecule has 3 aromatic heterocycles. The molecular formula is C33H19N3O2. The van der Waals surface area contributed by atoms with Gasteiger partial charge in [-0.15, -0.1) is 0 Å². The lowest BCUT2D eigenvalue weighted by Gasteiger charge is -2.08. The Balaban J connectivity index is 1.41. The van der Waals surface area contributed by atoms with E-state index in [1.807, 2.05) is 72.8 Å². The van der Waals surface area contributed by atoms with Crippen molar-refractivity contribution in [2.24, 2.45) is 0 Å². The summed E-state index contributed by atoms with van der Waals surface area (Å²) in [5.41, 5.74) is 2.23. The average molecular weight is 497 g/mol. The van der Waals surface area contributed by atoms with Crippen molar-refractivity contribution in [1.29, 1.82) is 0 Å². The van der Waals surface area contributed by atoms with Crippen LogP contribution in [0.2, 0.25) is 0 Å². The van der Waals surface area contributed by atoms with Crippen LogP contribution >= 0.6 is 0 Å². The van der Waals surface area contributed by atoms with E-state index >= 15 is 0 Å². The molecule has 5 nitrogen and oxygen atoms in total. The molecule has 0 aliphatic rings. The molecule has 3 heterocycles. The summed E-state index contributed by atoms with van der Waals surface area (Å²) < 4.78 is 71.7. The van der Waals surface area contributed by atoms with Crippen molar-refractivity contribution >= 4 is 43.9 Å². The van der Waals surface area contributed by atoms with Crippen LogP contribution in [0.25, 0.3) is 78.0 Å². The monoisotopic (exact) mass is 496 g/mol. The predicted molar refractivity (Wildman–Crippen MR) is 151 cm³/mol. The van der Waals surface area contributed by atoms with Gasteiger partial charge in [0.2, 0.25) is 0 Å². The SMILES string of the molecule is [2H]c1c([2H])c([2H])c2c(oc3c([2H])c(-c4nc(-c5ccccc5)nc(-c5ccc6c(c5)oc5ccccc56)n4)c([2H])c([2H])c32)c1[2H]. The Kier molecular flexibility index (Phi) is 3.22. The highest BCUT2D eigenvalue weighted by atomic mass is 16.3. The molecule has 178 valence electrons. The number of hydrogen-bond donors (Lipinski definition) is 0. The standard InChI is InChI=1S/C33H19N3O2/c1-2-8-20(9-3-1)31-34-32(21-14-16-25-23-10-4-6-12-27(23)37-29(25)18-21)36-33(35-31)22-15-17-26-24-11-5-7-13-28(24)38-30(26)19-22/h1-19H/i4D,6D,10D,12D,14D,16D,18D. The third-order valence-electron chi connectivity index (χ3n) is 6.41. The minimum absolute atomic E-state index is 0.0334. The molecule has 0 N–H and O–H groups in total. The van der Waals surface area contributed by atoms with Gasteiger partial charge in [0.25, 0.3) is 0 Å². The van der Waals surface area contributed by atoms with Crippen molar-refractivity contribution in [2.75, 3.05) is 0 Å². The van der Waals surface area contributed by atoms with Crippen molar-refractivity contribution < 1.29 is 18.4 Å². The molecule has 0 amide bonds. The Bertz CT molecular complexity index is 2530. The lowest BCUT2D eigenvalue weighted by molar-refractivity contribution is 0.668. The van der Waals surface area contributed by atoms with Crippen molar-refractivity contribution in [3.63, 3.8) is 0 Å². The Morgan fingerprint density at radius 1 is 0.474 bits per heavy atom. The summed E-state index contributed by atoms with van der Waals surface area (Å²) in [5.74, 6) is 0.514. The highest BCUT2D eigenvalue weighted by molar-refractivity contribution is 6.06. The van der Waals surface area contributed by atoms with Gasteiger partial charge in [-0.2, -0.15) is 0 Å². The van der Waals surface area contributed by atoms with Crippen LogP contribution in [0.1, 0.15) is 9.60 Å². The topological polar surface area (TPSA) is 65.0 Å². The normalized spacial score (nSPS) is 14.3. The summed E-state index contributed by atoms with van der Waals surface area (Å²) >= 11 is 0. The largest absolute Gasteiger partial charge is 0.456 e. The van der Waals surface area contributed by atoms with Gasteiger partial charge in [0.1, 0.15) is 22.3 Å². The van der Waals surface area contributed by atoms with Crippen LogP contribution in [0.5, 0.6) is 0 Å². The van der Waals surface area contributed by atoms with Crippen molar-refractivity contribution in [3.8, 4) is 34.2 Å². The van der Waals surface area contributed by atoms with Gasteiger partial charge >= 0.3 is 0 Å². The second-order valence-electron chi connectivity index (χ2n) is 8.74. The number of para-hydroxylation sites is 2. The van der Waals surface area contributed by atoms with E-state index in [-0.39, 0.29) is 63.1 Å². The molecule has 0 radical (unpaired) electrons. The molecule has 0 fully saturated rings. The van der Waals surface area contributed by atoms with Gasteiger partial charge in [-0.3, -0.25) is 0 Å². The first kappa shape index (κ1) is 15.1. The molecule has 5 aromatic carbocycles. The minimum atomic E-state index is -0.494. The Morgan fingerprint density at radius 3 is 2.05 bits per heavy atom. The molecule has 0 bridgehead atoms. The molecule has 0 unspecified atom stereocenters. The molecule has 0 aliphatic heterocycles. The maximum absolute atomic E-state index is 9.09. The number of rotatable bonds is 3. The highest BCUT2D eigenvalue weighted by Gasteiger charge is 2.16. The Morgan fingerprint density at radius 2 is 1.16 bits per heavy atom. The van der Waals surface area contributed by atoms with Crippen LogP contribution in [-0.2, 0) is 0 Å². The summed E-state index contributed by atoms with van der Waals surface area (Å²) in [4.78, 5) is 14.1. The number of hydrogen-bond acceptors (Lipinski definition) is 5. The zero-order chi connectivity index (χ0) is 31.1. The van der Waals surface area contributed by atoms with Crippen molar-refractivity contribution in [3.05, 3.63) is 115 Å². The van der Waals surface area contributed by atoms with Crippen molar-refractivity contribution in [2.45, 2.75) is 0 Å². The minimum Gasteiger partial charge on any atom is -0.456 e. The fraction of sp³-hybridized carbons (Fsp3) is 0. The van der Waals surface area contributed by atoms with E-state index in [0.717, 1.165) is 16.4 Å². The summed E-state index contributed by atoms with van der Waals surface area (Å²) in [6.07, 6.45) is 0. The second kappa shape index (κ2) is 8.11. The molecule has 0 spiro atoms. The van der Waals surface area contributed by atoms with E-state index in [1.54, 1.807) is 0 Å². The Hall–Kier alpha value is -5.29. The quantitative estimate of drug-likeness (QED) is 0.245. The first-order valence-corrected chi connectivity index (χ1v) is 11.9. The van der Waals surface area contributed by atoms with Gasteiger partial charge in [-0.05, 0) is 36.3 Å². The van der Waals surface area contributed by atoms with Crippen LogP contribution in [0, 0.1) is 0 Å². The van der Waals surface area contributed by atoms with Gasteiger partial charge in [-0.1, -0.05) is 78.8 Å². The first-order valence-electron chi connectivity index (χ1n) is 15.4. The lowest BCUT2D eigenvalue weighted by Crippen LogP contribution is -2.00. The maximum Gasteiger partial charge on any atom is 0.164 e. The van der Waals surface area contributed by atoms with Gasteiger partial charge < -0.3 is 8.83 Å². The molecule has 0 saturated heterocycles. The molecule has 5 heteroatoms. The van der Waals surface area contributed by atoms with Crippen LogP contribution < -0.4 is 0 Å². The van der Waals surface area contributed by atoms with Gasteiger partial charge in [-0.25, -0.2) is 15.0 Å². The van der Waals surface area contributed by atoms with E-state index in [4.69, 9.17) is 23.4 Å². The zero-order valence-corrected chi connectivity index (χ0v) is 19.6. The van der Waals surface area contributed by atoms with Gasteiger partial charge in [0.05, 0.1) is 9.60 Å². The van der Waals surface area contributed by atoms with Crippen LogP contribution in [0.3, 0.4) is 0 Å². The molecule has 38 heavy (non-hydrogen) atoms. The number of aromatic nitrogens is 3.